The number of aliphatic hydroxyl groups is 2. The van der Waals surface area contributed by atoms with E-state index in [9.17, 15) is 10.2 Å². The number of fused-ring (bicyclic) bond motifs is 11. The van der Waals surface area contributed by atoms with Crippen molar-refractivity contribution in [3.8, 4) is 11.1 Å². The van der Waals surface area contributed by atoms with Crippen LogP contribution in [0.3, 0.4) is 0 Å². The minimum atomic E-state index is -1.64. The van der Waals surface area contributed by atoms with E-state index in [-0.39, 0.29) is 5.41 Å². The van der Waals surface area contributed by atoms with Crippen LogP contribution < -0.4 is 0 Å². The van der Waals surface area contributed by atoms with Gasteiger partial charge in [0.05, 0.1) is 0 Å². The highest BCUT2D eigenvalue weighted by molar-refractivity contribution is 9.10. The van der Waals surface area contributed by atoms with E-state index in [0.29, 0.717) is 22.3 Å². The summed E-state index contributed by atoms with van der Waals surface area (Å²) >= 11 is 3.80. The molecule has 2 unspecified atom stereocenters. The molecule has 0 spiro atoms. The van der Waals surface area contributed by atoms with Gasteiger partial charge in [-0.05, 0) is 107 Å². The van der Waals surface area contributed by atoms with Gasteiger partial charge in [0.1, 0.15) is 11.2 Å². The lowest BCUT2D eigenvalue weighted by atomic mass is 9.61. The van der Waals surface area contributed by atoms with E-state index in [1.54, 1.807) is 0 Å². The van der Waals surface area contributed by atoms with Crippen LogP contribution >= 0.6 is 15.9 Å². The lowest BCUT2D eigenvalue weighted by Crippen LogP contribution is -2.44. The third-order valence-corrected chi connectivity index (χ3v) is 13.1. The Bertz CT molecular complexity index is 3090. The zero-order chi connectivity index (χ0) is 36.6. The SMILES string of the molecule is CC1(C)c2ccccc2-c2cc3c(cc21)C(O)(c1cc2ccccc2c2ccccc12)c1cc(Br)ccc1C3(O)c1cc2ccccc2c2ccccc12. The van der Waals surface area contributed by atoms with Crippen LogP contribution in [0.5, 0.6) is 0 Å². The molecule has 2 atom stereocenters. The molecule has 258 valence electrons. The van der Waals surface area contributed by atoms with Gasteiger partial charge < -0.3 is 10.2 Å². The average molecular weight is 760 g/mol. The quantitative estimate of drug-likeness (QED) is 0.172. The first-order valence-corrected chi connectivity index (χ1v) is 19.4. The Balaban J connectivity index is 1.35. The summed E-state index contributed by atoms with van der Waals surface area (Å²) in [5, 5.41) is 36.8. The number of hydrogen-bond donors (Lipinski definition) is 2. The van der Waals surface area contributed by atoms with Gasteiger partial charge in [-0.25, -0.2) is 0 Å². The van der Waals surface area contributed by atoms with E-state index in [2.05, 4.69) is 175 Å². The minimum Gasteiger partial charge on any atom is -0.376 e. The van der Waals surface area contributed by atoms with Crippen molar-refractivity contribution in [1.82, 2.24) is 0 Å². The molecule has 0 saturated carbocycles. The summed E-state index contributed by atoms with van der Waals surface area (Å²) in [5.41, 5.74) is 5.26. The summed E-state index contributed by atoms with van der Waals surface area (Å²) in [6, 6.07) is 56.9. The van der Waals surface area contributed by atoms with Crippen molar-refractivity contribution in [2.24, 2.45) is 0 Å². The summed E-state index contributed by atoms with van der Waals surface area (Å²) in [7, 11) is 0. The fourth-order valence-electron chi connectivity index (χ4n) is 10.1. The molecule has 2 aliphatic carbocycles. The van der Waals surface area contributed by atoms with Crippen LogP contribution in [0.1, 0.15) is 58.4 Å². The van der Waals surface area contributed by atoms with Crippen molar-refractivity contribution in [3.05, 3.63) is 213 Å². The summed E-state index contributed by atoms with van der Waals surface area (Å²) in [6.07, 6.45) is 0. The monoisotopic (exact) mass is 758 g/mol. The van der Waals surface area contributed by atoms with Gasteiger partial charge in [0.25, 0.3) is 0 Å². The van der Waals surface area contributed by atoms with Crippen LogP contribution in [0.25, 0.3) is 54.2 Å². The maximum atomic E-state index is 14.2. The number of hydrogen-bond acceptors (Lipinski definition) is 2. The van der Waals surface area contributed by atoms with Crippen molar-refractivity contribution in [1.29, 1.82) is 0 Å². The molecule has 0 bridgehead atoms. The van der Waals surface area contributed by atoms with Crippen molar-refractivity contribution in [2.75, 3.05) is 0 Å². The molecule has 9 aromatic rings. The molecule has 9 aromatic carbocycles. The molecule has 2 aliphatic rings. The van der Waals surface area contributed by atoms with Gasteiger partial charge in [0.2, 0.25) is 0 Å². The van der Waals surface area contributed by atoms with Gasteiger partial charge in [0, 0.05) is 32.1 Å². The highest BCUT2D eigenvalue weighted by Crippen LogP contribution is 2.59. The first-order chi connectivity index (χ1) is 26.2. The van der Waals surface area contributed by atoms with E-state index in [4.69, 9.17) is 0 Å². The van der Waals surface area contributed by atoms with Gasteiger partial charge >= 0.3 is 0 Å². The summed E-state index contributed by atoms with van der Waals surface area (Å²) in [5.74, 6) is 0. The highest BCUT2D eigenvalue weighted by atomic mass is 79.9. The Labute approximate surface area is 322 Å². The molecule has 0 fully saturated rings. The van der Waals surface area contributed by atoms with E-state index in [1.165, 1.54) is 5.56 Å². The molecule has 0 aliphatic heterocycles. The Morgan fingerprint density at radius 3 is 1.43 bits per heavy atom. The topological polar surface area (TPSA) is 40.5 Å². The van der Waals surface area contributed by atoms with Crippen molar-refractivity contribution < 1.29 is 10.2 Å². The van der Waals surface area contributed by atoms with E-state index in [1.807, 2.05) is 18.2 Å². The third kappa shape index (κ3) is 4.02. The molecular formula is C51H35BrO2. The van der Waals surface area contributed by atoms with Gasteiger partial charge in [-0.15, -0.1) is 0 Å². The van der Waals surface area contributed by atoms with Crippen LogP contribution in [-0.2, 0) is 16.6 Å². The highest BCUT2D eigenvalue weighted by Gasteiger charge is 2.54. The van der Waals surface area contributed by atoms with Gasteiger partial charge in [-0.1, -0.05) is 163 Å². The lowest BCUT2D eigenvalue weighted by molar-refractivity contribution is 0.0763. The zero-order valence-electron chi connectivity index (χ0n) is 29.9. The maximum Gasteiger partial charge on any atom is 0.142 e. The third-order valence-electron chi connectivity index (χ3n) is 12.6. The predicted octanol–water partition coefficient (Wildman–Crippen LogP) is 12.2. The Morgan fingerprint density at radius 2 is 0.815 bits per heavy atom. The molecule has 0 aromatic heterocycles. The van der Waals surface area contributed by atoms with Crippen molar-refractivity contribution >= 4 is 59.0 Å². The summed E-state index contributed by atoms with van der Waals surface area (Å²) in [6.45, 7) is 4.54. The van der Waals surface area contributed by atoms with Crippen LogP contribution in [0, 0.1) is 0 Å². The molecule has 0 saturated heterocycles. The fraction of sp³-hybridized carbons (Fsp3) is 0.0980. The second-order valence-corrected chi connectivity index (χ2v) is 16.5. The number of halogens is 1. The summed E-state index contributed by atoms with van der Waals surface area (Å²) in [4.78, 5) is 0. The van der Waals surface area contributed by atoms with E-state index >= 15 is 0 Å². The normalized spacial score (nSPS) is 19.5. The molecule has 11 rings (SSSR count). The van der Waals surface area contributed by atoms with Crippen LogP contribution in [0.2, 0.25) is 0 Å². The molecule has 3 heteroatoms. The van der Waals surface area contributed by atoms with Gasteiger partial charge in [-0.2, -0.15) is 0 Å². The van der Waals surface area contributed by atoms with Crippen molar-refractivity contribution in [2.45, 2.75) is 30.5 Å². The first-order valence-electron chi connectivity index (χ1n) is 18.6. The predicted molar refractivity (Wildman–Crippen MR) is 225 cm³/mol. The van der Waals surface area contributed by atoms with Crippen LogP contribution in [0.4, 0.5) is 0 Å². The second kappa shape index (κ2) is 11.0. The lowest BCUT2D eigenvalue weighted by Gasteiger charge is -2.46. The maximum absolute atomic E-state index is 14.2. The Morgan fingerprint density at radius 1 is 0.352 bits per heavy atom. The smallest absolute Gasteiger partial charge is 0.142 e. The Kier molecular flexibility index (Phi) is 6.49. The second-order valence-electron chi connectivity index (χ2n) is 15.6. The summed E-state index contributed by atoms with van der Waals surface area (Å²) < 4.78 is 0.827. The molecule has 0 radical (unpaired) electrons. The Hall–Kier alpha value is -5.58. The molecular weight excluding hydrogens is 724 g/mol. The van der Waals surface area contributed by atoms with E-state index in [0.717, 1.165) is 75.4 Å². The van der Waals surface area contributed by atoms with Crippen LogP contribution in [-0.4, -0.2) is 10.2 Å². The average Bonchev–Trinajstić information content (AvgIpc) is 3.44. The van der Waals surface area contributed by atoms with Crippen molar-refractivity contribution in [3.63, 3.8) is 0 Å². The van der Waals surface area contributed by atoms with Crippen LogP contribution in [0.15, 0.2) is 168 Å². The molecule has 0 heterocycles. The van der Waals surface area contributed by atoms with Gasteiger partial charge in [0.15, 0.2) is 0 Å². The molecule has 2 N–H and O–H groups in total. The minimum absolute atomic E-state index is 0.335. The fourth-order valence-corrected chi connectivity index (χ4v) is 10.4. The van der Waals surface area contributed by atoms with Gasteiger partial charge in [-0.3, -0.25) is 0 Å². The number of benzene rings is 9. The zero-order valence-corrected chi connectivity index (χ0v) is 31.4. The molecule has 0 amide bonds. The van der Waals surface area contributed by atoms with E-state index < -0.39 is 11.2 Å². The standard InChI is InChI=1S/C51H35BrO2/c1-49(2)41-22-12-11-21-39(41)40-28-47-48(29-43(40)49)51(54,45-26-31-14-4-6-16-34(31)36-18-8-10-20-38(36)45)46-27-32(52)23-24-42(46)50(47,53)44-25-30-13-3-5-15-33(30)35-17-7-9-19-37(35)44/h3-29,53-54H,1-2H3. The number of rotatable bonds is 2. The molecule has 2 nitrogen and oxygen atoms in total. The first kappa shape index (κ1) is 31.9. The molecule has 54 heavy (non-hydrogen) atoms. The largest absolute Gasteiger partial charge is 0.376 e.